The third-order valence-electron chi connectivity index (χ3n) is 10.2. The van der Waals surface area contributed by atoms with Crippen LogP contribution in [0.2, 0.25) is 0 Å². The largest absolute Gasteiger partial charge is 0.474 e. The van der Waals surface area contributed by atoms with Crippen molar-refractivity contribution < 1.29 is 24.8 Å². The summed E-state index contributed by atoms with van der Waals surface area (Å²) in [7, 11) is 0. The quantitative estimate of drug-likeness (QED) is 0.283. The van der Waals surface area contributed by atoms with Crippen LogP contribution in [0, 0.1) is 17.8 Å². The van der Waals surface area contributed by atoms with E-state index in [1.165, 1.54) is 25.7 Å². The van der Waals surface area contributed by atoms with Crippen molar-refractivity contribution in [2.24, 2.45) is 17.8 Å². The highest BCUT2D eigenvalue weighted by molar-refractivity contribution is 8.01. The van der Waals surface area contributed by atoms with E-state index in [0.29, 0.717) is 42.4 Å². The number of ketones is 1. The second kappa shape index (κ2) is 11.9. The molecule has 6 heterocycles. The van der Waals surface area contributed by atoms with Crippen LogP contribution in [0.5, 0.6) is 0 Å². The average Bonchev–Trinajstić information content (AvgIpc) is 3.69. The zero-order valence-corrected chi connectivity index (χ0v) is 24.9. The van der Waals surface area contributed by atoms with Crippen LogP contribution in [-0.2, 0) is 19.1 Å². The van der Waals surface area contributed by atoms with Crippen LogP contribution in [0.4, 0.5) is 0 Å². The smallest absolute Gasteiger partial charge is 0.226 e. The first-order valence-electron chi connectivity index (χ1n) is 15.4. The second-order valence-corrected chi connectivity index (χ2v) is 15.3. The van der Waals surface area contributed by atoms with E-state index in [-0.39, 0.29) is 46.7 Å². The van der Waals surface area contributed by atoms with Crippen molar-refractivity contribution in [3.05, 3.63) is 12.0 Å². The standard InChI is InChI=1S/C28H44N6O4S2/c29-17-3-1-2-4-18(17)31-21-11-15-13-30-28(36)24(15)27(32-21)33-22-6-5-20(40-22)16-14-39-26-19(35)12-23(38-25(16)26)34-7-9-37-10-8-34/h12,15-18,20-22,24-27,31-33H,1-11,13-14,29H2,(H,30,36)/p+1/t15?,16?,17-,18+,20?,21?,22?,24?,25?,26?,27?/m1/s1. The first kappa shape index (κ1) is 27.8. The number of hydrogen-bond donors (Lipinski definition) is 5. The van der Waals surface area contributed by atoms with Gasteiger partial charge in [-0.2, -0.15) is 0 Å². The zero-order valence-electron chi connectivity index (χ0n) is 23.2. The average molecular weight is 594 g/mol. The molecule has 5 saturated heterocycles. The van der Waals surface area contributed by atoms with Gasteiger partial charge in [-0.15, -0.1) is 23.5 Å². The number of piperidine rings is 1. The molecule has 1 saturated carbocycles. The molecule has 7 rings (SSSR count). The first-order valence-corrected chi connectivity index (χ1v) is 17.4. The van der Waals surface area contributed by atoms with Gasteiger partial charge in [-0.3, -0.25) is 25.5 Å². The number of ether oxygens (including phenoxy) is 2. The maximum Gasteiger partial charge on any atom is 0.226 e. The fourth-order valence-electron chi connectivity index (χ4n) is 7.96. The van der Waals surface area contributed by atoms with Crippen LogP contribution in [0.3, 0.4) is 0 Å². The zero-order chi connectivity index (χ0) is 27.2. The third-order valence-corrected chi connectivity index (χ3v) is 13.2. The molecule has 0 aromatic carbocycles. The molecule has 1 aliphatic carbocycles. The number of fused-ring (bicyclic) bond motifs is 2. The number of quaternary nitrogens is 1. The molecule has 0 aromatic rings. The van der Waals surface area contributed by atoms with E-state index in [4.69, 9.17) is 9.47 Å². The molecule has 7 N–H and O–H groups in total. The number of allylic oxidation sites excluding steroid dienone is 1. The highest BCUT2D eigenvalue weighted by Gasteiger charge is 2.51. The number of carbonyl (C=O) groups is 2. The molecule has 0 spiro atoms. The first-order chi connectivity index (χ1) is 19.5. The molecule has 1 amide bonds. The molecule has 0 bridgehead atoms. The van der Waals surface area contributed by atoms with Gasteiger partial charge in [0.25, 0.3) is 0 Å². The van der Waals surface area contributed by atoms with E-state index >= 15 is 0 Å². The van der Waals surface area contributed by atoms with Crippen LogP contribution in [-0.4, -0.2) is 102 Å². The van der Waals surface area contributed by atoms with E-state index in [1.54, 1.807) is 17.8 Å². The van der Waals surface area contributed by atoms with Crippen molar-refractivity contribution in [3.8, 4) is 0 Å². The lowest BCUT2D eigenvalue weighted by Gasteiger charge is -2.42. The predicted molar refractivity (Wildman–Crippen MR) is 155 cm³/mol. The Morgan fingerprint density at radius 3 is 2.77 bits per heavy atom. The predicted octanol–water partition coefficient (Wildman–Crippen LogP) is -0.179. The minimum atomic E-state index is -0.0890. The fourth-order valence-corrected chi connectivity index (χ4v) is 11.3. The van der Waals surface area contributed by atoms with Crippen LogP contribution < -0.4 is 27.0 Å². The minimum absolute atomic E-state index is 0.0356. The maximum atomic E-state index is 13.0. The van der Waals surface area contributed by atoms with Gasteiger partial charge in [0.1, 0.15) is 11.4 Å². The van der Waals surface area contributed by atoms with E-state index in [1.807, 2.05) is 11.8 Å². The van der Waals surface area contributed by atoms with Crippen LogP contribution in [0.15, 0.2) is 12.0 Å². The summed E-state index contributed by atoms with van der Waals surface area (Å²) >= 11 is 3.77. The minimum Gasteiger partial charge on any atom is -0.474 e. The van der Waals surface area contributed by atoms with Crippen LogP contribution in [0.1, 0.15) is 44.9 Å². The van der Waals surface area contributed by atoms with Gasteiger partial charge in [-0.25, -0.2) is 0 Å². The van der Waals surface area contributed by atoms with Gasteiger partial charge in [0.05, 0.1) is 48.9 Å². The summed E-state index contributed by atoms with van der Waals surface area (Å²) in [5.41, 5.74) is 4.42. The molecule has 7 aliphatic rings. The molecule has 40 heavy (non-hydrogen) atoms. The number of morpholine rings is 1. The number of nitrogens with zero attached hydrogens (tertiary/aromatic N) is 1. The molecule has 0 radical (unpaired) electrons. The van der Waals surface area contributed by atoms with E-state index in [0.717, 1.165) is 50.5 Å². The Morgan fingerprint density at radius 1 is 1.07 bits per heavy atom. The van der Waals surface area contributed by atoms with Crippen LogP contribution >= 0.6 is 23.5 Å². The molecule has 6 fully saturated rings. The highest BCUT2D eigenvalue weighted by Crippen LogP contribution is 2.48. The van der Waals surface area contributed by atoms with Crippen molar-refractivity contribution >= 4 is 35.2 Å². The van der Waals surface area contributed by atoms with Crippen molar-refractivity contribution in [2.75, 3.05) is 38.6 Å². The number of nitrogens with one attached hydrogen (secondary N) is 4. The van der Waals surface area contributed by atoms with Gasteiger partial charge in [0.15, 0.2) is 11.7 Å². The fraction of sp³-hybridized carbons (Fsp3) is 0.857. The Kier molecular flexibility index (Phi) is 8.29. The Balaban J connectivity index is 0.985. The second-order valence-electron chi connectivity index (χ2n) is 12.7. The topological polar surface area (TPSA) is 132 Å². The SMILES string of the molecule is [NH3+][C@@H]1CCCC[C@@H]1NC1CC2CNC(=O)C2C(NC2CCC(C3CSC4C(=O)C=C(N5CCOCC5)OC43)S2)N1. The Bertz CT molecular complexity index is 998. The molecular weight excluding hydrogens is 548 g/mol. The van der Waals surface area contributed by atoms with E-state index in [2.05, 4.69) is 31.9 Å². The molecule has 12 heteroatoms. The summed E-state index contributed by atoms with van der Waals surface area (Å²) in [6.45, 7) is 3.67. The number of amides is 1. The summed E-state index contributed by atoms with van der Waals surface area (Å²) in [6.07, 6.45) is 9.87. The monoisotopic (exact) mass is 593 g/mol. The van der Waals surface area contributed by atoms with Gasteiger partial charge < -0.3 is 25.4 Å². The summed E-state index contributed by atoms with van der Waals surface area (Å²) in [5, 5.41) is 15.3. The van der Waals surface area contributed by atoms with Crippen molar-refractivity contribution in [2.45, 2.75) is 91.3 Å². The number of rotatable bonds is 6. The van der Waals surface area contributed by atoms with Crippen molar-refractivity contribution in [3.63, 3.8) is 0 Å². The normalized spacial score (nSPS) is 45.5. The molecule has 6 aliphatic heterocycles. The Labute approximate surface area is 245 Å². The molecule has 0 aromatic heterocycles. The lowest BCUT2D eigenvalue weighted by atomic mass is 9.84. The van der Waals surface area contributed by atoms with Crippen LogP contribution in [0.25, 0.3) is 0 Å². The number of thioether (sulfide) groups is 2. The molecular formula is C28H45N6O4S2+. The lowest BCUT2D eigenvalue weighted by molar-refractivity contribution is -0.431. The van der Waals surface area contributed by atoms with Crippen molar-refractivity contribution in [1.82, 2.24) is 26.2 Å². The summed E-state index contributed by atoms with van der Waals surface area (Å²) in [6, 6.07) is 0.899. The van der Waals surface area contributed by atoms with E-state index in [9.17, 15) is 9.59 Å². The van der Waals surface area contributed by atoms with Gasteiger partial charge in [0.2, 0.25) is 5.91 Å². The third kappa shape index (κ3) is 5.54. The van der Waals surface area contributed by atoms with Crippen molar-refractivity contribution in [1.29, 1.82) is 0 Å². The maximum absolute atomic E-state index is 13.0. The summed E-state index contributed by atoms with van der Waals surface area (Å²) in [5.74, 6) is 2.73. The Hall–Kier alpha value is -1.02. The van der Waals surface area contributed by atoms with Gasteiger partial charge in [0, 0.05) is 49.1 Å². The number of carbonyl (C=O) groups excluding carboxylic acids is 2. The van der Waals surface area contributed by atoms with Gasteiger partial charge in [-0.1, -0.05) is 6.42 Å². The van der Waals surface area contributed by atoms with Gasteiger partial charge >= 0.3 is 0 Å². The molecule has 222 valence electrons. The molecule has 9 unspecified atom stereocenters. The molecule has 11 atom stereocenters. The number of hydrogen-bond acceptors (Lipinski definition) is 10. The molecule has 10 nitrogen and oxygen atoms in total. The Morgan fingerprint density at radius 2 is 1.93 bits per heavy atom. The van der Waals surface area contributed by atoms with Gasteiger partial charge in [-0.05, 0) is 38.0 Å². The highest BCUT2D eigenvalue weighted by atomic mass is 32.2. The summed E-state index contributed by atoms with van der Waals surface area (Å²) < 4.78 is 12.1. The van der Waals surface area contributed by atoms with E-state index < -0.39 is 0 Å². The summed E-state index contributed by atoms with van der Waals surface area (Å²) in [4.78, 5) is 28.1. The lowest BCUT2D eigenvalue weighted by Crippen LogP contribution is -2.73.